The normalized spacial score (nSPS) is 18.9. The van der Waals surface area contributed by atoms with E-state index in [0.717, 1.165) is 5.56 Å². The molecule has 35 heavy (non-hydrogen) atoms. The Bertz CT molecular complexity index is 797. The highest BCUT2D eigenvalue weighted by molar-refractivity contribution is 7.50. The summed E-state index contributed by atoms with van der Waals surface area (Å²) in [6, 6.07) is 7.33. The van der Waals surface area contributed by atoms with Gasteiger partial charge in [0.15, 0.2) is 0 Å². The van der Waals surface area contributed by atoms with Gasteiger partial charge < -0.3 is 25.9 Å². The van der Waals surface area contributed by atoms with Gasteiger partial charge in [0.25, 0.3) is 0 Å². The zero-order chi connectivity index (χ0) is 25.8. The summed E-state index contributed by atoms with van der Waals surface area (Å²) in [5.74, 6) is -2.92. The van der Waals surface area contributed by atoms with Crippen LogP contribution < -0.4 is 5.73 Å². The number of rotatable bonds is 10. The second-order valence-electron chi connectivity index (χ2n) is 8.68. The first-order valence-corrected chi connectivity index (χ1v) is 13.1. The van der Waals surface area contributed by atoms with Gasteiger partial charge in [-0.3, -0.25) is 34.0 Å². The molecule has 1 heterocycles. The zero-order valence-electron chi connectivity index (χ0n) is 19.8. The van der Waals surface area contributed by atoms with E-state index in [2.05, 4.69) is 0 Å². The average Bonchev–Trinajstić information content (AvgIpc) is 2.76. The fourth-order valence-electron chi connectivity index (χ4n) is 3.88. The molecule has 13 heteroatoms. The summed E-state index contributed by atoms with van der Waals surface area (Å²) in [5.41, 5.74) is 7.35. The van der Waals surface area contributed by atoms with Crippen molar-refractivity contribution in [3.63, 3.8) is 0 Å². The second-order valence-corrected chi connectivity index (χ2v) is 10.3. The molecular formula is C22H36N5O7P. The number of aliphatic carboxylic acids is 3. The van der Waals surface area contributed by atoms with Crippen LogP contribution in [0.1, 0.15) is 5.56 Å². The summed E-state index contributed by atoms with van der Waals surface area (Å²) in [6.07, 6.45) is 0.903. The van der Waals surface area contributed by atoms with E-state index in [4.69, 9.17) is 5.73 Å². The fourth-order valence-corrected chi connectivity index (χ4v) is 5.36. The molecule has 0 aromatic heterocycles. The third kappa shape index (κ3) is 12.3. The molecule has 0 saturated carbocycles. The van der Waals surface area contributed by atoms with Gasteiger partial charge in [0.05, 0.1) is 19.6 Å². The van der Waals surface area contributed by atoms with Crippen molar-refractivity contribution >= 4 is 31.7 Å². The topological polar surface area (TPSA) is 171 Å². The van der Waals surface area contributed by atoms with Crippen molar-refractivity contribution in [2.75, 3.05) is 84.0 Å². The Hall–Kier alpha value is -2.34. The molecule has 1 aliphatic heterocycles. The molecule has 1 aromatic rings. The van der Waals surface area contributed by atoms with Gasteiger partial charge in [0.2, 0.25) is 0 Å². The predicted octanol–water partition coefficient (Wildman–Crippen LogP) is -0.409. The third-order valence-electron chi connectivity index (χ3n) is 5.71. The van der Waals surface area contributed by atoms with Gasteiger partial charge in [-0.2, -0.15) is 0 Å². The maximum atomic E-state index is 11.4. The van der Waals surface area contributed by atoms with E-state index < -0.39 is 26.1 Å². The van der Waals surface area contributed by atoms with E-state index in [-0.39, 0.29) is 19.6 Å². The summed E-state index contributed by atoms with van der Waals surface area (Å²) in [6.45, 7) is 2.75. The number of carboxylic acid groups (broad SMARTS) is 3. The maximum absolute atomic E-state index is 11.4. The monoisotopic (exact) mass is 513 g/mol. The second kappa shape index (κ2) is 14.9. The molecule has 6 N–H and O–H groups in total. The number of nitrogen functional groups attached to an aromatic ring is 1. The van der Waals surface area contributed by atoms with Crippen LogP contribution in [0.5, 0.6) is 0 Å². The summed E-state index contributed by atoms with van der Waals surface area (Å²) >= 11 is 0. The number of nitrogens with two attached hydrogens (primary N) is 1. The number of nitrogens with zero attached hydrogens (tertiary/aromatic N) is 4. The molecule has 0 spiro atoms. The fraction of sp³-hybridized carbons (Fsp3) is 0.591. The molecule has 1 aliphatic rings. The van der Waals surface area contributed by atoms with Gasteiger partial charge in [0.1, 0.15) is 0 Å². The van der Waals surface area contributed by atoms with E-state index in [1.807, 2.05) is 17.0 Å². The van der Waals surface area contributed by atoms with Crippen molar-refractivity contribution in [2.45, 2.75) is 6.16 Å². The van der Waals surface area contributed by atoms with Crippen LogP contribution in [0.3, 0.4) is 0 Å². The van der Waals surface area contributed by atoms with E-state index in [1.54, 1.807) is 26.8 Å². The Morgan fingerprint density at radius 3 is 1.37 bits per heavy atom. The first-order valence-electron chi connectivity index (χ1n) is 11.4. The lowest BCUT2D eigenvalue weighted by molar-refractivity contribution is -0.140. The maximum Gasteiger partial charge on any atom is 0.317 e. The van der Waals surface area contributed by atoms with Crippen molar-refractivity contribution in [3.8, 4) is 0 Å². The minimum absolute atomic E-state index is 0.167. The Balaban J connectivity index is 2.10. The van der Waals surface area contributed by atoms with E-state index >= 15 is 0 Å². The van der Waals surface area contributed by atoms with E-state index in [0.29, 0.717) is 70.5 Å². The molecule has 0 aliphatic carbocycles. The molecule has 1 fully saturated rings. The van der Waals surface area contributed by atoms with Gasteiger partial charge in [-0.25, -0.2) is 0 Å². The van der Waals surface area contributed by atoms with Gasteiger partial charge in [-0.05, 0) is 17.7 Å². The average molecular weight is 514 g/mol. The summed E-state index contributed by atoms with van der Waals surface area (Å²) < 4.78 is 0. The molecule has 1 atom stereocenters. The van der Waals surface area contributed by atoms with Crippen LogP contribution in [-0.2, 0) is 20.5 Å². The molecule has 1 unspecified atom stereocenters. The van der Waals surface area contributed by atoms with Crippen LogP contribution in [0.4, 0.5) is 5.69 Å². The Morgan fingerprint density at radius 1 is 0.686 bits per heavy atom. The number of anilines is 1. The molecule has 196 valence electrons. The highest BCUT2D eigenvalue weighted by Crippen LogP contribution is 2.35. The van der Waals surface area contributed by atoms with Crippen molar-refractivity contribution in [2.24, 2.45) is 0 Å². The van der Waals surface area contributed by atoms with Gasteiger partial charge >= 0.3 is 17.9 Å². The van der Waals surface area contributed by atoms with Crippen molar-refractivity contribution < 1.29 is 34.6 Å². The molecule has 2 rings (SSSR count). The third-order valence-corrected chi connectivity index (χ3v) is 7.17. The van der Waals surface area contributed by atoms with Crippen LogP contribution in [0.25, 0.3) is 0 Å². The number of carbonyl (C=O) groups is 3. The molecule has 0 amide bonds. The van der Waals surface area contributed by atoms with Crippen LogP contribution in [0, 0.1) is 0 Å². The quantitative estimate of drug-likeness (QED) is 0.203. The number of benzene rings is 1. The standard InChI is InChI=1S/C22H36N5O7P/c23-19-3-1-18(2-4-19)16-35(34)17-27-11-9-25(14-21(30)31)7-5-24(13-20(28)29)6-8-26(10-12-27)15-22(32)33/h1-4,34H,5-17,23H2,(H,28,29)(H,30,31)(H,32,33). The first-order chi connectivity index (χ1) is 16.6. The van der Waals surface area contributed by atoms with Crippen LogP contribution in [0.15, 0.2) is 24.3 Å². The van der Waals surface area contributed by atoms with E-state index in [9.17, 15) is 34.6 Å². The van der Waals surface area contributed by atoms with Gasteiger partial charge in [-0.1, -0.05) is 12.1 Å². The smallest absolute Gasteiger partial charge is 0.317 e. The van der Waals surface area contributed by atoms with Crippen molar-refractivity contribution in [1.82, 2.24) is 19.6 Å². The van der Waals surface area contributed by atoms with Crippen LogP contribution in [0.2, 0.25) is 0 Å². The van der Waals surface area contributed by atoms with Crippen LogP contribution >= 0.6 is 8.15 Å². The minimum Gasteiger partial charge on any atom is -0.480 e. The first kappa shape index (κ1) is 28.9. The highest BCUT2D eigenvalue weighted by Gasteiger charge is 2.21. The van der Waals surface area contributed by atoms with Crippen LogP contribution in [-0.4, -0.2) is 136 Å². The Labute approximate surface area is 206 Å². The van der Waals surface area contributed by atoms with Crippen molar-refractivity contribution in [3.05, 3.63) is 29.8 Å². The molecule has 1 saturated heterocycles. The SMILES string of the molecule is Nc1ccc(CP(O)CN2CCN(CC(=O)O)CCN(CC(=O)O)CCN(CC(=O)O)CC2)cc1. The molecule has 12 nitrogen and oxygen atoms in total. The Kier molecular flexibility index (Phi) is 12.3. The largest absolute Gasteiger partial charge is 0.480 e. The summed E-state index contributed by atoms with van der Waals surface area (Å²) in [5, 5.41) is 27.8. The predicted molar refractivity (Wildman–Crippen MR) is 132 cm³/mol. The lowest BCUT2D eigenvalue weighted by Crippen LogP contribution is -2.48. The lowest BCUT2D eigenvalue weighted by atomic mass is 10.2. The molecule has 0 bridgehead atoms. The highest BCUT2D eigenvalue weighted by atomic mass is 31.1. The zero-order valence-corrected chi connectivity index (χ0v) is 20.7. The Morgan fingerprint density at radius 2 is 1.03 bits per heavy atom. The molecular weight excluding hydrogens is 477 g/mol. The summed E-state index contributed by atoms with van der Waals surface area (Å²) in [4.78, 5) is 52.0. The number of hydrogen-bond donors (Lipinski definition) is 5. The minimum atomic E-state index is -1.37. The van der Waals surface area contributed by atoms with Gasteiger partial charge in [0, 0.05) is 78.6 Å². The summed E-state index contributed by atoms with van der Waals surface area (Å²) in [7, 11) is -1.37. The van der Waals surface area contributed by atoms with Gasteiger partial charge in [-0.15, -0.1) is 0 Å². The van der Waals surface area contributed by atoms with Crippen molar-refractivity contribution in [1.29, 1.82) is 0 Å². The molecule has 1 aromatic carbocycles. The number of carboxylic acids is 3. The van der Waals surface area contributed by atoms with E-state index in [1.165, 1.54) is 0 Å². The molecule has 0 radical (unpaired) electrons. The number of hydrogen-bond acceptors (Lipinski definition) is 9. The lowest BCUT2D eigenvalue weighted by Gasteiger charge is -2.33.